The largest absolute Gasteiger partial charge is 0.273 e. The Labute approximate surface area is 156 Å². The molecule has 0 radical (unpaired) electrons. The van der Waals surface area contributed by atoms with Gasteiger partial charge in [0.15, 0.2) is 4.32 Å². The van der Waals surface area contributed by atoms with E-state index in [0.717, 1.165) is 28.8 Å². The molecular weight excluding hydrogens is 379 g/mol. The smallest absolute Gasteiger partial charge is 0.268 e. The molecule has 130 valence electrons. The van der Waals surface area contributed by atoms with Crippen LogP contribution in [0, 0.1) is 15.9 Å². The predicted octanol–water partition coefficient (Wildman–Crippen LogP) is 3.78. The minimum atomic E-state index is -0.657. The number of nitro benzene ring substituents is 1. The molecule has 0 atom stereocenters. The van der Waals surface area contributed by atoms with Crippen molar-refractivity contribution >= 4 is 51.9 Å². The minimum Gasteiger partial charge on any atom is -0.268 e. The van der Waals surface area contributed by atoms with E-state index in [9.17, 15) is 24.1 Å². The van der Waals surface area contributed by atoms with E-state index in [-0.39, 0.29) is 20.5 Å². The van der Waals surface area contributed by atoms with Crippen LogP contribution < -0.4 is 0 Å². The third-order valence-electron chi connectivity index (χ3n) is 3.47. The second kappa shape index (κ2) is 7.14. The summed E-state index contributed by atoms with van der Waals surface area (Å²) in [6, 6.07) is 10.5. The first-order valence-corrected chi connectivity index (χ1v) is 8.41. The molecule has 3 rings (SSSR count). The lowest BCUT2D eigenvalue weighted by Gasteiger charge is -2.12. The van der Waals surface area contributed by atoms with Crippen LogP contribution in [0.25, 0.3) is 6.08 Å². The average molecular weight is 388 g/mol. The number of nitrogens with zero attached hydrogens (tertiary/aromatic N) is 2. The zero-order chi connectivity index (χ0) is 18.8. The number of amides is 2. The third kappa shape index (κ3) is 3.53. The number of thioether (sulfide) groups is 1. The Morgan fingerprint density at radius 3 is 2.58 bits per heavy atom. The zero-order valence-corrected chi connectivity index (χ0v) is 14.6. The molecule has 0 bridgehead atoms. The molecule has 1 saturated heterocycles. The molecule has 0 aliphatic carbocycles. The number of hydrogen-bond donors (Lipinski definition) is 0. The van der Waals surface area contributed by atoms with E-state index in [0.29, 0.717) is 5.56 Å². The molecule has 0 N–H and O–H groups in total. The SMILES string of the molecule is O=C1/C(=C\c2cccc([N+](=O)[O-])c2)SC(=S)N1C(=O)c1ccc(F)cc1. The van der Waals surface area contributed by atoms with Gasteiger partial charge in [-0.1, -0.05) is 36.1 Å². The molecular formula is C17H9FN2O4S2. The van der Waals surface area contributed by atoms with Gasteiger partial charge in [-0.15, -0.1) is 0 Å². The minimum absolute atomic E-state index is 0.0426. The summed E-state index contributed by atoms with van der Waals surface area (Å²) in [4.78, 5) is 36.3. The van der Waals surface area contributed by atoms with Crippen LogP contribution in [0.3, 0.4) is 0 Å². The fraction of sp³-hybridized carbons (Fsp3) is 0. The van der Waals surface area contributed by atoms with Crippen molar-refractivity contribution in [1.29, 1.82) is 0 Å². The molecule has 1 aliphatic heterocycles. The van der Waals surface area contributed by atoms with Crippen LogP contribution in [-0.4, -0.2) is 26.0 Å². The average Bonchev–Trinajstić information content (AvgIpc) is 2.89. The Morgan fingerprint density at radius 1 is 1.23 bits per heavy atom. The molecule has 1 aliphatic rings. The number of imide groups is 1. The highest BCUT2D eigenvalue weighted by Gasteiger charge is 2.37. The number of hydrogen-bond acceptors (Lipinski definition) is 6. The number of thiocarbonyl (C=S) groups is 1. The van der Waals surface area contributed by atoms with E-state index in [1.807, 2.05) is 0 Å². The van der Waals surface area contributed by atoms with Crippen LogP contribution in [0.15, 0.2) is 53.4 Å². The monoisotopic (exact) mass is 388 g/mol. The molecule has 0 aromatic heterocycles. The molecule has 0 spiro atoms. The Kier molecular flexibility index (Phi) is 4.92. The normalized spacial score (nSPS) is 15.6. The van der Waals surface area contributed by atoms with Crippen LogP contribution >= 0.6 is 24.0 Å². The van der Waals surface area contributed by atoms with Crippen molar-refractivity contribution in [3.05, 3.63) is 80.5 Å². The first-order chi connectivity index (χ1) is 12.4. The number of non-ortho nitro benzene ring substituents is 1. The van der Waals surface area contributed by atoms with Crippen molar-refractivity contribution in [2.24, 2.45) is 0 Å². The summed E-state index contributed by atoms with van der Waals surface area (Å²) in [5.41, 5.74) is 0.449. The molecule has 6 nitrogen and oxygen atoms in total. The number of carbonyl (C=O) groups excluding carboxylic acids is 2. The first kappa shape index (κ1) is 17.9. The van der Waals surface area contributed by atoms with Gasteiger partial charge in [-0.05, 0) is 35.9 Å². The lowest BCUT2D eigenvalue weighted by atomic mass is 10.1. The van der Waals surface area contributed by atoms with Crippen molar-refractivity contribution in [3.63, 3.8) is 0 Å². The second-order valence-electron chi connectivity index (χ2n) is 5.18. The van der Waals surface area contributed by atoms with Crippen molar-refractivity contribution in [2.45, 2.75) is 0 Å². The lowest BCUT2D eigenvalue weighted by Crippen LogP contribution is -2.34. The van der Waals surface area contributed by atoms with E-state index < -0.39 is 22.6 Å². The number of nitro groups is 1. The van der Waals surface area contributed by atoms with Gasteiger partial charge in [-0.3, -0.25) is 19.7 Å². The summed E-state index contributed by atoms with van der Waals surface area (Å²) < 4.78 is 13.0. The molecule has 1 fully saturated rings. The van der Waals surface area contributed by atoms with Gasteiger partial charge >= 0.3 is 0 Å². The van der Waals surface area contributed by atoms with Crippen molar-refractivity contribution in [1.82, 2.24) is 4.90 Å². The maximum absolute atomic E-state index is 13.0. The van der Waals surface area contributed by atoms with Gasteiger partial charge in [-0.25, -0.2) is 9.29 Å². The summed E-state index contributed by atoms with van der Waals surface area (Å²) in [5.74, 6) is -1.78. The third-order valence-corrected chi connectivity index (χ3v) is 4.77. The van der Waals surface area contributed by atoms with Gasteiger partial charge in [0, 0.05) is 17.7 Å². The highest BCUT2D eigenvalue weighted by atomic mass is 32.2. The van der Waals surface area contributed by atoms with Crippen molar-refractivity contribution < 1.29 is 18.9 Å². The first-order valence-electron chi connectivity index (χ1n) is 7.19. The van der Waals surface area contributed by atoms with Gasteiger partial charge in [0.05, 0.1) is 9.83 Å². The molecule has 2 aromatic carbocycles. The molecule has 26 heavy (non-hydrogen) atoms. The Bertz CT molecular complexity index is 973. The molecule has 2 aromatic rings. The van der Waals surface area contributed by atoms with Crippen molar-refractivity contribution in [3.8, 4) is 0 Å². The Balaban J connectivity index is 1.89. The van der Waals surface area contributed by atoms with Gasteiger partial charge in [0.25, 0.3) is 17.5 Å². The Morgan fingerprint density at radius 2 is 1.92 bits per heavy atom. The van der Waals surface area contributed by atoms with Gasteiger partial charge in [0.1, 0.15) is 5.82 Å². The zero-order valence-electron chi connectivity index (χ0n) is 12.9. The topological polar surface area (TPSA) is 80.5 Å². The summed E-state index contributed by atoms with van der Waals surface area (Å²) in [7, 11) is 0. The fourth-order valence-electron chi connectivity index (χ4n) is 2.24. The molecule has 0 saturated carbocycles. The van der Waals surface area contributed by atoms with Gasteiger partial charge in [0.2, 0.25) is 0 Å². The fourth-order valence-corrected chi connectivity index (χ4v) is 3.50. The lowest BCUT2D eigenvalue weighted by molar-refractivity contribution is -0.384. The summed E-state index contributed by atoms with van der Waals surface area (Å²) in [5, 5.41) is 10.8. The molecule has 1 heterocycles. The predicted molar refractivity (Wildman–Crippen MR) is 98.8 cm³/mol. The van der Waals surface area contributed by atoms with Crippen LogP contribution in [0.1, 0.15) is 15.9 Å². The second-order valence-corrected chi connectivity index (χ2v) is 6.86. The van der Waals surface area contributed by atoms with Gasteiger partial charge < -0.3 is 0 Å². The number of rotatable bonds is 3. The highest BCUT2D eigenvalue weighted by molar-refractivity contribution is 8.26. The maximum atomic E-state index is 13.0. The van der Waals surface area contributed by atoms with E-state index in [1.165, 1.54) is 36.4 Å². The summed E-state index contributed by atoms with van der Waals surface area (Å²) in [6.45, 7) is 0. The van der Waals surface area contributed by atoms with Crippen LogP contribution in [0.5, 0.6) is 0 Å². The molecule has 2 amide bonds. The van der Waals surface area contributed by atoms with Crippen LogP contribution in [0.2, 0.25) is 0 Å². The standard InChI is InChI=1S/C17H9FN2O4S2/c18-12-6-4-11(5-7-12)15(21)19-16(22)14(26-17(19)25)9-10-2-1-3-13(8-10)20(23)24/h1-9H/b14-9+. The summed E-state index contributed by atoms with van der Waals surface area (Å²) >= 11 is 6.03. The van der Waals surface area contributed by atoms with E-state index >= 15 is 0 Å². The summed E-state index contributed by atoms with van der Waals surface area (Å²) in [6.07, 6.45) is 1.43. The number of benzene rings is 2. The molecule has 9 heteroatoms. The van der Waals surface area contributed by atoms with E-state index in [2.05, 4.69) is 0 Å². The Hall–Kier alpha value is -2.91. The number of halogens is 1. The van der Waals surface area contributed by atoms with Crippen LogP contribution in [0.4, 0.5) is 10.1 Å². The quantitative estimate of drug-likeness (QED) is 0.262. The van der Waals surface area contributed by atoms with E-state index in [1.54, 1.807) is 6.07 Å². The highest BCUT2D eigenvalue weighted by Crippen LogP contribution is 2.34. The van der Waals surface area contributed by atoms with Gasteiger partial charge in [-0.2, -0.15) is 0 Å². The maximum Gasteiger partial charge on any atom is 0.273 e. The van der Waals surface area contributed by atoms with Crippen LogP contribution in [-0.2, 0) is 4.79 Å². The van der Waals surface area contributed by atoms with Crippen molar-refractivity contribution in [2.75, 3.05) is 0 Å². The number of carbonyl (C=O) groups is 2. The van der Waals surface area contributed by atoms with E-state index in [4.69, 9.17) is 12.2 Å². The molecule has 0 unspecified atom stereocenters.